The summed E-state index contributed by atoms with van der Waals surface area (Å²) < 4.78 is 0. The number of amides is 1. The van der Waals surface area contributed by atoms with E-state index in [-0.39, 0.29) is 5.91 Å². The summed E-state index contributed by atoms with van der Waals surface area (Å²) in [5.41, 5.74) is 2.97. The van der Waals surface area contributed by atoms with Crippen LogP contribution < -0.4 is 0 Å². The van der Waals surface area contributed by atoms with Crippen molar-refractivity contribution in [1.29, 1.82) is 0 Å². The van der Waals surface area contributed by atoms with Crippen LogP contribution in [-0.2, 0) is 6.54 Å². The maximum absolute atomic E-state index is 13.1. The highest BCUT2D eigenvalue weighted by Gasteiger charge is 2.44. The van der Waals surface area contributed by atoms with Crippen LogP contribution in [0.1, 0.15) is 28.9 Å². The van der Waals surface area contributed by atoms with Crippen molar-refractivity contribution in [3.05, 3.63) is 66.1 Å². The summed E-state index contributed by atoms with van der Waals surface area (Å²) in [6.45, 7) is 2.75. The molecule has 3 aromatic rings. The van der Waals surface area contributed by atoms with Crippen molar-refractivity contribution in [2.24, 2.45) is 0 Å². The summed E-state index contributed by atoms with van der Waals surface area (Å²) in [6, 6.07) is 14.8. The van der Waals surface area contributed by atoms with Gasteiger partial charge in [-0.15, -0.1) is 0 Å². The van der Waals surface area contributed by atoms with Gasteiger partial charge in [0.1, 0.15) is 0 Å². The molecule has 5 heteroatoms. The Bertz CT molecular complexity index is 935. The van der Waals surface area contributed by atoms with E-state index in [2.05, 4.69) is 25.8 Å². The molecule has 0 radical (unpaired) electrons. The fraction of sp³-hybridized carbons (Fsp3) is 0.333. The van der Waals surface area contributed by atoms with E-state index >= 15 is 0 Å². The second-order valence-electron chi connectivity index (χ2n) is 7.28. The predicted octanol–water partition coefficient (Wildman–Crippen LogP) is 3.05. The molecule has 132 valence electrons. The minimum absolute atomic E-state index is 0.167. The zero-order valence-electron chi connectivity index (χ0n) is 14.6. The largest absolute Gasteiger partial charge is 0.361 e. The predicted molar refractivity (Wildman–Crippen MR) is 101 cm³/mol. The van der Waals surface area contributed by atoms with Gasteiger partial charge in [-0.1, -0.05) is 6.07 Å². The van der Waals surface area contributed by atoms with Crippen molar-refractivity contribution < 1.29 is 4.79 Å². The average molecular weight is 346 g/mol. The highest BCUT2D eigenvalue weighted by molar-refractivity contribution is 5.98. The second-order valence-corrected chi connectivity index (χ2v) is 7.28. The molecule has 4 heterocycles. The van der Waals surface area contributed by atoms with Crippen LogP contribution >= 0.6 is 0 Å². The van der Waals surface area contributed by atoms with Gasteiger partial charge in [-0.05, 0) is 49.2 Å². The molecule has 0 bridgehead atoms. The normalized spacial score (nSPS) is 22.8. The SMILES string of the molecule is O=C(c1ccc2[nH]ccc2c1)N1CC[C@@H]2[C@@H]1CCN2Cc1ccccn1. The van der Waals surface area contributed by atoms with Crippen LogP contribution in [0.3, 0.4) is 0 Å². The van der Waals surface area contributed by atoms with Gasteiger partial charge in [0.25, 0.3) is 5.91 Å². The molecule has 2 aromatic heterocycles. The smallest absolute Gasteiger partial charge is 0.254 e. The van der Waals surface area contributed by atoms with Crippen LogP contribution in [0.25, 0.3) is 10.9 Å². The number of fused-ring (bicyclic) bond motifs is 2. The molecule has 2 atom stereocenters. The first-order chi connectivity index (χ1) is 12.8. The number of nitrogens with zero attached hydrogens (tertiary/aromatic N) is 3. The van der Waals surface area contributed by atoms with Gasteiger partial charge in [0, 0.05) is 60.6 Å². The highest BCUT2D eigenvalue weighted by atomic mass is 16.2. The number of carbonyl (C=O) groups excluding carboxylic acids is 1. The first-order valence-corrected chi connectivity index (χ1v) is 9.32. The number of aromatic amines is 1. The van der Waals surface area contributed by atoms with Crippen LogP contribution in [0.15, 0.2) is 54.9 Å². The molecule has 5 nitrogen and oxygen atoms in total. The van der Waals surface area contributed by atoms with Gasteiger partial charge in [-0.2, -0.15) is 0 Å². The molecule has 0 saturated carbocycles. The van der Waals surface area contributed by atoms with Crippen molar-refractivity contribution in [2.45, 2.75) is 31.5 Å². The van der Waals surface area contributed by atoms with Crippen molar-refractivity contribution in [1.82, 2.24) is 19.8 Å². The van der Waals surface area contributed by atoms with Gasteiger partial charge in [0.05, 0.1) is 5.69 Å². The van der Waals surface area contributed by atoms with Gasteiger partial charge in [0.15, 0.2) is 0 Å². The Morgan fingerprint density at radius 2 is 2.04 bits per heavy atom. The maximum Gasteiger partial charge on any atom is 0.254 e. The molecule has 1 N–H and O–H groups in total. The Morgan fingerprint density at radius 3 is 2.92 bits per heavy atom. The van der Waals surface area contributed by atoms with Crippen molar-refractivity contribution in [2.75, 3.05) is 13.1 Å². The number of likely N-dealkylation sites (tertiary alicyclic amines) is 2. The number of hydrogen-bond donors (Lipinski definition) is 1. The molecule has 2 saturated heterocycles. The molecule has 2 aliphatic rings. The number of rotatable bonds is 3. The number of benzene rings is 1. The number of hydrogen-bond acceptors (Lipinski definition) is 3. The van der Waals surface area contributed by atoms with E-state index in [4.69, 9.17) is 0 Å². The monoisotopic (exact) mass is 346 g/mol. The standard InChI is InChI=1S/C21H22N4O/c26-21(16-4-5-18-15(13-16)6-10-23-18)25-12-8-19-20(25)7-11-24(19)14-17-3-1-2-9-22-17/h1-6,9-10,13,19-20,23H,7-8,11-12,14H2/t19-,20+/m1/s1. The van der Waals surface area contributed by atoms with Crippen molar-refractivity contribution in [3.63, 3.8) is 0 Å². The molecule has 0 aliphatic carbocycles. The summed E-state index contributed by atoms with van der Waals surface area (Å²) in [7, 11) is 0. The lowest BCUT2D eigenvalue weighted by Gasteiger charge is -2.25. The summed E-state index contributed by atoms with van der Waals surface area (Å²) in [4.78, 5) is 25.3. The highest BCUT2D eigenvalue weighted by Crippen LogP contribution is 2.33. The molecular formula is C21H22N4O. The van der Waals surface area contributed by atoms with Gasteiger partial charge in [0.2, 0.25) is 0 Å². The summed E-state index contributed by atoms with van der Waals surface area (Å²) >= 11 is 0. The van der Waals surface area contributed by atoms with Crippen LogP contribution in [0.4, 0.5) is 0 Å². The summed E-state index contributed by atoms with van der Waals surface area (Å²) in [5.74, 6) is 0.167. The fourth-order valence-corrected chi connectivity index (χ4v) is 4.58. The molecular weight excluding hydrogens is 324 g/mol. The lowest BCUT2D eigenvalue weighted by atomic mass is 10.1. The Kier molecular flexibility index (Phi) is 3.75. The first kappa shape index (κ1) is 15.6. The average Bonchev–Trinajstić information content (AvgIpc) is 3.38. The van der Waals surface area contributed by atoms with E-state index in [1.807, 2.05) is 48.8 Å². The number of nitrogens with one attached hydrogen (secondary N) is 1. The lowest BCUT2D eigenvalue weighted by Crippen LogP contribution is -2.39. The Hall–Kier alpha value is -2.66. The number of aromatic nitrogens is 2. The number of H-pyrrole nitrogens is 1. The van der Waals surface area contributed by atoms with Crippen LogP contribution in [-0.4, -0.2) is 50.8 Å². The third kappa shape index (κ3) is 2.59. The molecule has 1 amide bonds. The first-order valence-electron chi connectivity index (χ1n) is 9.32. The van der Waals surface area contributed by atoms with Crippen molar-refractivity contribution in [3.8, 4) is 0 Å². The minimum atomic E-state index is 0.167. The summed E-state index contributed by atoms with van der Waals surface area (Å²) in [5, 5.41) is 1.09. The van der Waals surface area contributed by atoms with Gasteiger partial charge < -0.3 is 9.88 Å². The summed E-state index contributed by atoms with van der Waals surface area (Å²) in [6.07, 6.45) is 5.87. The van der Waals surface area contributed by atoms with Crippen LogP contribution in [0, 0.1) is 0 Å². The molecule has 2 aliphatic heterocycles. The van der Waals surface area contributed by atoms with Crippen LogP contribution in [0.2, 0.25) is 0 Å². The van der Waals surface area contributed by atoms with Crippen molar-refractivity contribution >= 4 is 16.8 Å². The zero-order valence-corrected chi connectivity index (χ0v) is 14.6. The molecule has 26 heavy (non-hydrogen) atoms. The number of pyridine rings is 1. The van der Waals surface area contributed by atoms with E-state index in [1.165, 1.54) is 0 Å². The minimum Gasteiger partial charge on any atom is -0.361 e. The van der Waals surface area contributed by atoms with E-state index < -0.39 is 0 Å². The molecule has 0 unspecified atom stereocenters. The van der Waals surface area contributed by atoms with E-state index in [9.17, 15) is 4.79 Å². The number of carbonyl (C=O) groups is 1. The Balaban J connectivity index is 1.33. The molecule has 1 aromatic carbocycles. The van der Waals surface area contributed by atoms with Crippen LogP contribution in [0.5, 0.6) is 0 Å². The molecule has 0 spiro atoms. The zero-order chi connectivity index (χ0) is 17.5. The van der Waals surface area contributed by atoms with E-state index in [1.54, 1.807) is 0 Å². The van der Waals surface area contributed by atoms with Gasteiger partial charge >= 0.3 is 0 Å². The molecule has 2 fully saturated rings. The topological polar surface area (TPSA) is 52.2 Å². The van der Waals surface area contributed by atoms with E-state index in [0.717, 1.165) is 54.6 Å². The van der Waals surface area contributed by atoms with Gasteiger partial charge in [-0.3, -0.25) is 14.7 Å². The van der Waals surface area contributed by atoms with Gasteiger partial charge in [-0.25, -0.2) is 0 Å². The maximum atomic E-state index is 13.1. The third-order valence-corrected chi connectivity index (χ3v) is 5.84. The Labute approximate surface area is 152 Å². The quantitative estimate of drug-likeness (QED) is 0.793. The lowest BCUT2D eigenvalue weighted by molar-refractivity contribution is 0.0732. The Morgan fingerprint density at radius 1 is 1.12 bits per heavy atom. The molecule has 5 rings (SSSR count). The second kappa shape index (κ2) is 6.25. The third-order valence-electron chi connectivity index (χ3n) is 5.84. The van der Waals surface area contributed by atoms with E-state index in [0.29, 0.717) is 12.1 Å². The fourth-order valence-electron chi connectivity index (χ4n) is 4.58.